The SMILES string of the molecule is Cc1ccc(-n2cc[nH]c2=O)c(C)n1. The maximum Gasteiger partial charge on any atom is 0.330 e. The number of nitrogens with one attached hydrogen (secondary N) is 1. The molecular weight excluding hydrogens is 178 g/mol. The van der Waals surface area contributed by atoms with Gasteiger partial charge in [0.1, 0.15) is 0 Å². The summed E-state index contributed by atoms with van der Waals surface area (Å²) in [6, 6.07) is 3.79. The number of hydrogen-bond acceptors (Lipinski definition) is 2. The average molecular weight is 189 g/mol. The third-order valence-electron chi connectivity index (χ3n) is 2.11. The molecule has 0 radical (unpaired) electrons. The van der Waals surface area contributed by atoms with Crippen LogP contribution in [0, 0.1) is 13.8 Å². The van der Waals surface area contributed by atoms with Gasteiger partial charge in [0, 0.05) is 18.1 Å². The Morgan fingerprint density at radius 2 is 2.14 bits per heavy atom. The fourth-order valence-electron chi connectivity index (χ4n) is 1.44. The monoisotopic (exact) mass is 189 g/mol. The molecule has 0 saturated carbocycles. The van der Waals surface area contributed by atoms with Crippen molar-refractivity contribution in [3.05, 3.63) is 46.4 Å². The van der Waals surface area contributed by atoms with Crippen LogP contribution < -0.4 is 5.69 Å². The third kappa shape index (κ3) is 1.35. The molecule has 2 heterocycles. The molecule has 0 amide bonds. The zero-order valence-electron chi connectivity index (χ0n) is 8.11. The number of pyridine rings is 1. The second-order valence-electron chi connectivity index (χ2n) is 3.19. The van der Waals surface area contributed by atoms with Crippen LogP contribution in [0.1, 0.15) is 11.4 Å². The Morgan fingerprint density at radius 3 is 2.71 bits per heavy atom. The Bertz CT molecular complexity index is 510. The lowest BCUT2D eigenvalue weighted by Gasteiger charge is -2.04. The van der Waals surface area contributed by atoms with E-state index in [9.17, 15) is 4.79 Å². The molecule has 0 atom stereocenters. The highest BCUT2D eigenvalue weighted by Crippen LogP contribution is 2.09. The highest BCUT2D eigenvalue weighted by molar-refractivity contribution is 5.36. The highest BCUT2D eigenvalue weighted by Gasteiger charge is 2.03. The molecule has 2 aromatic rings. The smallest absolute Gasteiger partial charge is 0.312 e. The first-order chi connectivity index (χ1) is 6.68. The average Bonchev–Trinajstić information content (AvgIpc) is 2.52. The van der Waals surface area contributed by atoms with Crippen LogP contribution in [0.15, 0.2) is 29.3 Å². The van der Waals surface area contributed by atoms with E-state index in [0.29, 0.717) is 0 Å². The van der Waals surface area contributed by atoms with Gasteiger partial charge < -0.3 is 4.98 Å². The lowest BCUT2D eigenvalue weighted by atomic mass is 10.3. The number of aromatic nitrogens is 3. The predicted molar refractivity (Wildman–Crippen MR) is 53.7 cm³/mol. The Morgan fingerprint density at radius 1 is 1.36 bits per heavy atom. The van der Waals surface area contributed by atoms with E-state index in [-0.39, 0.29) is 5.69 Å². The number of hydrogen-bond donors (Lipinski definition) is 1. The zero-order chi connectivity index (χ0) is 10.1. The van der Waals surface area contributed by atoms with Crippen molar-refractivity contribution in [3.8, 4) is 5.69 Å². The molecule has 0 spiro atoms. The predicted octanol–water partition coefficient (Wildman–Crippen LogP) is 1.18. The second kappa shape index (κ2) is 3.14. The molecule has 0 unspecified atom stereocenters. The fraction of sp³-hybridized carbons (Fsp3) is 0.200. The Kier molecular flexibility index (Phi) is 1.96. The van der Waals surface area contributed by atoms with Crippen LogP contribution in [0.5, 0.6) is 0 Å². The van der Waals surface area contributed by atoms with Gasteiger partial charge in [-0.25, -0.2) is 4.79 Å². The quantitative estimate of drug-likeness (QED) is 0.732. The molecule has 0 fully saturated rings. The second-order valence-corrected chi connectivity index (χ2v) is 3.19. The van der Waals surface area contributed by atoms with Gasteiger partial charge in [0.2, 0.25) is 0 Å². The first kappa shape index (κ1) is 8.74. The molecule has 14 heavy (non-hydrogen) atoms. The van der Waals surface area contributed by atoms with Crippen LogP contribution in [-0.4, -0.2) is 14.5 Å². The Hall–Kier alpha value is -1.84. The van der Waals surface area contributed by atoms with E-state index in [1.165, 1.54) is 0 Å². The van der Waals surface area contributed by atoms with Crippen LogP contribution in [0.4, 0.5) is 0 Å². The van der Waals surface area contributed by atoms with E-state index in [4.69, 9.17) is 0 Å². The first-order valence-corrected chi connectivity index (χ1v) is 4.39. The standard InChI is InChI=1S/C10H11N3O/c1-7-3-4-9(8(2)12-7)13-6-5-11-10(13)14/h3-6H,1-2H3,(H,11,14). The summed E-state index contributed by atoms with van der Waals surface area (Å²) in [7, 11) is 0. The molecule has 1 N–H and O–H groups in total. The topological polar surface area (TPSA) is 50.7 Å². The summed E-state index contributed by atoms with van der Waals surface area (Å²) in [6.07, 6.45) is 3.31. The number of aryl methyl sites for hydroxylation is 2. The van der Waals surface area contributed by atoms with Crippen molar-refractivity contribution < 1.29 is 0 Å². The van der Waals surface area contributed by atoms with Gasteiger partial charge in [-0.3, -0.25) is 9.55 Å². The minimum absolute atomic E-state index is 0.140. The van der Waals surface area contributed by atoms with Gasteiger partial charge >= 0.3 is 5.69 Å². The Labute approximate surface area is 81.2 Å². The maximum absolute atomic E-state index is 11.3. The fourth-order valence-corrected chi connectivity index (χ4v) is 1.44. The van der Waals surface area contributed by atoms with E-state index < -0.39 is 0 Å². The summed E-state index contributed by atoms with van der Waals surface area (Å²) in [5.74, 6) is 0. The van der Waals surface area contributed by atoms with Crippen molar-refractivity contribution in [2.45, 2.75) is 13.8 Å². The molecule has 4 heteroatoms. The van der Waals surface area contributed by atoms with Crippen LogP contribution in [0.3, 0.4) is 0 Å². The van der Waals surface area contributed by atoms with Gasteiger partial charge in [-0.2, -0.15) is 0 Å². The van der Waals surface area contributed by atoms with E-state index in [1.54, 1.807) is 17.0 Å². The van der Waals surface area contributed by atoms with E-state index >= 15 is 0 Å². The molecule has 0 aliphatic heterocycles. The molecule has 0 aromatic carbocycles. The van der Waals surface area contributed by atoms with Crippen LogP contribution in [-0.2, 0) is 0 Å². The molecule has 0 bridgehead atoms. The van der Waals surface area contributed by atoms with Crippen molar-refractivity contribution in [3.63, 3.8) is 0 Å². The van der Waals surface area contributed by atoms with E-state index in [0.717, 1.165) is 17.1 Å². The van der Waals surface area contributed by atoms with Gasteiger partial charge in [0.25, 0.3) is 0 Å². The van der Waals surface area contributed by atoms with Gasteiger partial charge in [-0.15, -0.1) is 0 Å². The van der Waals surface area contributed by atoms with Crippen molar-refractivity contribution in [2.75, 3.05) is 0 Å². The maximum atomic E-state index is 11.3. The van der Waals surface area contributed by atoms with Crippen molar-refractivity contribution in [1.29, 1.82) is 0 Å². The number of nitrogens with zero attached hydrogens (tertiary/aromatic N) is 2. The first-order valence-electron chi connectivity index (χ1n) is 4.39. The number of imidazole rings is 1. The van der Waals surface area contributed by atoms with Crippen LogP contribution >= 0.6 is 0 Å². The lowest BCUT2D eigenvalue weighted by Crippen LogP contribution is -2.15. The molecule has 72 valence electrons. The summed E-state index contributed by atoms with van der Waals surface area (Å²) in [4.78, 5) is 18.2. The summed E-state index contributed by atoms with van der Waals surface area (Å²) in [5, 5.41) is 0. The number of H-pyrrole nitrogens is 1. The van der Waals surface area contributed by atoms with Crippen LogP contribution in [0.2, 0.25) is 0 Å². The van der Waals surface area contributed by atoms with Crippen molar-refractivity contribution in [2.24, 2.45) is 0 Å². The molecular formula is C10H11N3O. The minimum atomic E-state index is -0.140. The molecule has 0 aliphatic rings. The van der Waals surface area contributed by atoms with Gasteiger partial charge in [0.15, 0.2) is 0 Å². The molecule has 0 aliphatic carbocycles. The molecule has 0 saturated heterocycles. The van der Waals surface area contributed by atoms with Gasteiger partial charge in [-0.1, -0.05) is 0 Å². The number of rotatable bonds is 1. The van der Waals surface area contributed by atoms with Crippen LogP contribution in [0.25, 0.3) is 5.69 Å². The van der Waals surface area contributed by atoms with E-state index in [1.807, 2.05) is 26.0 Å². The van der Waals surface area contributed by atoms with E-state index in [2.05, 4.69) is 9.97 Å². The molecule has 2 aromatic heterocycles. The summed E-state index contributed by atoms with van der Waals surface area (Å²) in [6.45, 7) is 3.82. The van der Waals surface area contributed by atoms with Crippen molar-refractivity contribution in [1.82, 2.24) is 14.5 Å². The molecule has 2 rings (SSSR count). The summed E-state index contributed by atoms with van der Waals surface area (Å²) < 4.78 is 1.54. The highest BCUT2D eigenvalue weighted by atomic mass is 16.1. The Balaban J connectivity index is 2.63. The minimum Gasteiger partial charge on any atom is -0.312 e. The van der Waals surface area contributed by atoms with Gasteiger partial charge in [-0.05, 0) is 26.0 Å². The third-order valence-corrected chi connectivity index (χ3v) is 2.11. The molecule has 4 nitrogen and oxygen atoms in total. The summed E-state index contributed by atoms with van der Waals surface area (Å²) >= 11 is 0. The zero-order valence-corrected chi connectivity index (χ0v) is 8.11. The van der Waals surface area contributed by atoms with Gasteiger partial charge in [0.05, 0.1) is 11.4 Å². The number of aromatic amines is 1. The summed E-state index contributed by atoms with van der Waals surface area (Å²) in [5.41, 5.74) is 2.49. The normalized spacial score (nSPS) is 10.4. The van der Waals surface area contributed by atoms with Crippen molar-refractivity contribution >= 4 is 0 Å². The lowest BCUT2D eigenvalue weighted by molar-refractivity contribution is 0.947. The largest absolute Gasteiger partial charge is 0.330 e.